The van der Waals surface area contributed by atoms with Crippen molar-refractivity contribution < 1.29 is 89.4 Å². The van der Waals surface area contributed by atoms with E-state index in [1.807, 2.05) is 6.92 Å². The van der Waals surface area contributed by atoms with Gasteiger partial charge in [-0.15, -0.1) is 0 Å². The first-order chi connectivity index (χ1) is 37.3. The molecule has 0 spiro atoms. The molecule has 3 heterocycles. The molecule has 0 aromatic heterocycles. The molecule has 0 saturated carbocycles. The third kappa shape index (κ3) is 25.9. The van der Waals surface area contributed by atoms with E-state index in [0.29, 0.717) is 12.8 Å². The van der Waals surface area contributed by atoms with E-state index in [1.165, 1.54) is 83.5 Å². The van der Waals surface area contributed by atoms with Crippen molar-refractivity contribution in [2.24, 2.45) is 0 Å². The summed E-state index contributed by atoms with van der Waals surface area (Å²) in [4.78, 5) is 13.1. The molecule has 0 aliphatic carbocycles. The van der Waals surface area contributed by atoms with Crippen LogP contribution in [0.4, 0.5) is 0 Å². The van der Waals surface area contributed by atoms with Crippen LogP contribution in [0, 0.1) is 0 Å². The number of hydrogen-bond acceptors (Lipinski definition) is 18. The van der Waals surface area contributed by atoms with Crippen LogP contribution < -0.4 is 5.32 Å². The molecule has 1 amide bonds. The smallest absolute Gasteiger partial charge is 0.220 e. The Morgan fingerprint density at radius 2 is 0.896 bits per heavy atom. The molecule has 446 valence electrons. The van der Waals surface area contributed by atoms with Crippen LogP contribution in [0.2, 0.25) is 0 Å². The van der Waals surface area contributed by atoms with Gasteiger partial charge in [0.1, 0.15) is 73.2 Å². The summed E-state index contributed by atoms with van der Waals surface area (Å²) in [6.45, 7) is 1.35. The number of allylic oxidation sites excluding steroid dienone is 9. The van der Waals surface area contributed by atoms with E-state index in [1.54, 1.807) is 12.2 Å². The van der Waals surface area contributed by atoms with Gasteiger partial charge in [0.15, 0.2) is 18.9 Å². The first-order valence-electron chi connectivity index (χ1n) is 29.0. The molecular formula is C58H101NO18. The molecule has 3 aliphatic heterocycles. The highest BCUT2D eigenvalue weighted by atomic mass is 16.8. The van der Waals surface area contributed by atoms with Crippen molar-refractivity contribution in [3.05, 3.63) is 60.8 Å². The quantitative estimate of drug-likeness (QED) is 0.0297. The van der Waals surface area contributed by atoms with Gasteiger partial charge in [-0.05, 0) is 51.4 Å². The molecule has 3 fully saturated rings. The minimum atomic E-state index is -1.98. The molecule has 0 aromatic rings. The van der Waals surface area contributed by atoms with E-state index in [0.717, 1.165) is 51.4 Å². The summed E-state index contributed by atoms with van der Waals surface area (Å²) >= 11 is 0. The predicted octanol–water partition coefficient (Wildman–Crippen LogP) is 4.48. The zero-order chi connectivity index (χ0) is 56.2. The van der Waals surface area contributed by atoms with Crippen molar-refractivity contribution in [1.29, 1.82) is 0 Å². The summed E-state index contributed by atoms with van der Waals surface area (Å²) in [6.07, 6.45) is 20.7. The normalized spacial score (nSPS) is 31.2. The molecule has 12 N–H and O–H groups in total. The van der Waals surface area contributed by atoms with Gasteiger partial charge >= 0.3 is 0 Å². The number of hydrogen-bond donors (Lipinski definition) is 12. The van der Waals surface area contributed by atoms with Gasteiger partial charge in [-0.3, -0.25) is 4.79 Å². The molecule has 19 heteroatoms. The lowest BCUT2D eigenvalue weighted by Crippen LogP contribution is -2.66. The summed E-state index contributed by atoms with van der Waals surface area (Å²) < 4.78 is 33.9. The first kappa shape index (κ1) is 68.8. The van der Waals surface area contributed by atoms with E-state index in [4.69, 9.17) is 28.4 Å². The standard InChI is InChI=1S/C58H101NO18/c1-3-5-7-8-9-10-11-12-13-14-15-16-17-18-19-20-21-22-23-24-25-26-27-28-29-30-31-32-34-36-46(64)59-41(42(63)35-33-6-4-2)40-72-56-52(70)49(67)54(44(38-61)74-56)77-58-53(71)50(68)55(45(39-62)75-58)76-57-51(69)48(66)47(65)43(37-60)73-57/h5,7,9-10,12-13,15-16,33,35,41-45,47-58,60-63,65-71H,3-4,6,8,11,14,17-32,34,36-40H2,1-2H3,(H,59,64)/b7-5-,10-9-,13-12-,16-15-,35-33+. The van der Waals surface area contributed by atoms with Gasteiger partial charge in [-0.2, -0.15) is 0 Å². The van der Waals surface area contributed by atoms with Crippen molar-refractivity contribution >= 4 is 5.91 Å². The molecule has 3 saturated heterocycles. The lowest BCUT2D eigenvalue weighted by molar-refractivity contribution is -0.379. The maximum Gasteiger partial charge on any atom is 0.220 e. The summed E-state index contributed by atoms with van der Waals surface area (Å²) in [5.41, 5.74) is 0. The highest BCUT2D eigenvalue weighted by Crippen LogP contribution is 2.33. The van der Waals surface area contributed by atoms with Gasteiger partial charge < -0.3 is 89.9 Å². The van der Waals surface area contributed by atoms with Crippen LogP contribution in [0.15, 0.2) is 60.8 Å². The van der Waals surface area contributed by atoms with Crippen molar-refractivity contribution in [2.75, 3.05) is 26.4 Å². The lowest BCUT2D eigenvalue weighted by atomic mass is 9.96. The third-order valence-corrected chi connectivity index (χ3v) is 14.3. The Bertz CT molecular complexity index is 1650. The Balaban J connectivity index is 1.30. The number of nitrogens with one attached hydrogen (secondary N) is 1. The summed E-state index contributed by atoms with van der Waals surface area (Å²) in [5.74, 6) is -0.290. The highest BCUT2D eigenvalue weighted by molar-refractivity contribution is 5.76. The zero-order valence-electron chi connectivity index (χ0n) is 46.2. The number of aliphatic hydroxyl groups excluding tert-OH is 11. The average Bonchev–Trinajstić information content (AvgIpc) is 3.43. The van der Waals surface area contributed by atoms with E-state index in [2.05, 4.69) is 60.8 Å². The number of carbonyl (C=O) groups is 1. The van der Waals surface area contributed by atoms with Crippen LogP contribution >= 0.6 is 0 Å². The molecule has 0 bridgehead atoms. The Hall–Kier alpha value is -2.51. The molecule has 3 aliphatic rings. The van der Waals surface area contributed by atoms with Crippen LogP contribution in [0.1, 0.15) is 168 Å². The van der Waals surface area contributed by atoms with Crippen molar-refractivity contribution in [3.63, 3.8) is 0 Å². The fraction of sp³-hybridized carbons (Fsp3) is 0.810. The molecular weight excluding hydrogens is 999 g/mol. The predicted molar refractivity (Wildman–Crippen MR) is 291 cm³/mol. The molecule has 0 aromatic carbocycles. The van der Waals surface area contributed by atoms with Crippen molar-refractivity contribution in [2.45, 2.75) is 272 Å². The molecule has 3 rings (SSSR count). The van der Waals surface area contributed by atoms with Gasteiger partial charge in [-0.25, -0.2) is 0 Å². The van der Waals surface area contributed by atoms with E-state index >= 15 is 0 Å². The average molecular weight is 1100 g/mol. The molecule has 19 nitrogen and oxygen atoms in total. The van der Waals surface area contributed by atoms with Gasteiger partial charge in [0, 0.05) is 6.42 Å². The lowest BCUT2D eigenvalue weighted by Gasteiger charge is -2.48. The van der Waals surface area contributed by atoms with Gasteiger partial charge in [0.2, 0.25) is 5.91 Å². The van der Waals surface area contributed by atoms with E-state index in [9.17, 15) is 61.0 Å². The van der Waals surface area contributed by atoms with Crippen LogP contribution in [-0.2, 0) is 33.2 Å². The van der Waals surface area contributed by atoms with Crippen molar-refractivity contribution in [3.8, 4) is 0 Å². The third-order valence-electron chi connectivity index (χ3n) is 14.3. The molecule has 77 heavy (non-hydrogen) atoms. The number of unbranched alkanes of at least 4 members (excludes halogenated alkanes) is 17. The largest absolute Gasteiger partial charge is 0.394 e. The Labute approximate surface area is 458 Å². The summed E-state index contributed by atoms with van der Waals surface area (Å²) in [6, 6.07) is -0.969. The summed E-state index contributed by atoms with van der Waals surface area (Å²) in [7, 11) is 0. The minimum Gasteiger partial charge on any atom is -0.394 e. The van der Waals surface area contributed by atoms with Gasteiger partial charge in [-0.1, -0.05) is 171 Å². The molecule has 17 unspecified atom stereocenters. The number of aliphatic hydroxyl groups is 11. The number of amides is 1. The van der Waals surface area contributed by atoms with Crippen molar-refractivity contribution in [1.82, 2.24) is 5.32 Å². The second kappa shape index (κ2) is 41.5. The fourth-order valence-corrected chi connectivity index (χ4v) is 9.54. The van der Waals surface area contributed by atoms with Crippen LogP contribution in [0.5, 0.6) is 0 Å². The van der Waals surface area contributed by atoms with E-state index in [-0.39, 0.29) is 18.9 Å². The zero-order valence-corrected chi connectivity index (χ0v) is 46.2. The van der Waals surface area contributed by atoms with E-state index < -0.39 is 124 Å². The van der Waals surface area contributed by atoms with Crippen LogP contribution in [-0.4, -0.2) is 193 Å². The Morgan fingerprint density at radius 1 is 0.481 bits per heavy atom. The highest BCUT2D eigenvalue weighted by Gasteiger charge is 2.53. The number of ether oxygens (including phenoxy) is 6. The number of rotatable bonds is 41. The maximum atomic E-state index is 13.1. The van der Waals surface area contributed by atoms with Gasteiger partial charge in [0.25, 0.3) is 0 Å². The SMILES string of the molecule is CC/C=C\C/C=C\C/C=C\C/C=C\CCCCCCCCCCCCCCCCCCC(=O)NC(COC1OC(CO)C(OC2OC(CO)C(OC3OC(CO)C(O)C(O)C3O)C(O)C2O)C(O)C1O)C(O)/C=C/CCC. The summed E-state index contributed by atoms with van der Waals surface area (Å²) in [5, 5.41) is 119. The second-order valence-electron chi connectivity index (χ2n) is 20.7. The fourth-order valence-electron chi connectivity index (χ4n) is 9.54. The van der Waals surface area contributed by atoms with Gasteiger partial charge in [0.05, 0.1) is 38.6 Å². The number of carbonyl (C=O) groups excluding carboxylic acids is 1. The first-order valence-corrected chi connectivity index (χ1v) is 29.0. The topological polar surface area (TPSA) is 307 Å². The minimum absolute atomic E-state index is 0.238. The monoisotopic (exact) mass is 1100 g/mol. The maximum absolute atomic E-state index is 13.1. The Morgan fingerprint density at radius 3 is 1.38 bits per heavy atom. The Kier molecular flexibility index (Phi) is 37.0. The second-order valence-corrected chi connectivity index (χ2v) is 20.7. The molecule has 17 atom stereocenters. The van der Waals surface area contributed by atoms with Crippen LogP contribution in [0.25, 0.3) is 0 Å². The van der Waals surface area contributed by atoms with Crippen LogP contribution in [0.3, 0.4) is 0 Å². The molecule has 0 radical (unpaired) electrons.